The first-order valence-electron chi connectivity index (χ1n) is 7.07. The van der Waals surface area contributed by atoms with Gasteiger partial charge in [0.15, 0.2) is 11.5 Å². The highest BCUT2D eigenvalue weighted by molar-refractivity contribution is 7.10. The Morgan fingerprint density at radius 2 is 2.00 bits per heavy atom. The largest absolute Gasteiger partial charge is 0.486 e. The van der Waals surface area contributed by atoms with E-state index in [1.165, 1.54) is 10.4 Å². The van der Waals surface area contributed by atoms with Gasteiger partial charge in [-0.1, -0.05) is 18.5 Å². The Bertz CT molecular complexity index is 641. The van der Waals surface area contributed by atoms with E-state index in [2.05, 4.69) is 23.7 Å². The van der Waals surface area contributed by atoms with Gasteiger partial charge in [0.25, 0.3) is 0 Å². The predicted octanol–water partition coefficient (Wildman–Crippen LogP) is 4.04. The fraction of sp³-hybridized carbons (Fsp3) is 0.375. The number of halogens is 1. The second kappa shape index (κ2) is 6.26. The zero-order valence-electron chi connectivity index (χ0n) is 12.1. The Morgan fingerprint density at radius 3 is 2.67 bits per heavy atom. The van der Waals surface area contributed by atoms with Crippen molar-refractivity contribution in [3.63, 3.8) is 0 Å². The third-order valence-electron chi connectivity index (χ3n) is 3.68. The molecule has 112 valence electrons. The predicted molar refractivity (Wildman–Crippen MR) is 87.0 cm³/mol. The lowest BCUT2D eigenvalue weighted by atomic mass is 10.0. The first kappa shape index (κ1) is 14.7. The summed E-state index contributed by atoms with van der Waals surface area (Å²) in [7, 11) is 1.96. The van der Waals surface area contributed by atoms with Gasteiger partial charge in [0.2, 0.25) is 0 Å². The van der Waals surface area contributed by atoms with Crippen LogP contribution in [0.3, 0.4) is 0 Å². The summed E-state index contributed by atoms with van der Waals surface area (Å²) in [5.41, 5.74) is 2.38. The number of aryl methyl sites for hydroxylation is 1. The van der Waals surface area contributed by atoms with Gasteiger partial charge in [-0.3, -0.25) is 0 Å². The standard InChI is InChI=1S/C16H18ClNO2S/c1-3-10-4-7-21-16(10)15(18-2)11-8-13-14(9-12(11)17)20-6-5-19-13/h4,7-9,15,18H,3,5-6H2,1-2H3. The molecule has 0 bridgehead atoms. The molecule has 21 heavy (non-hydrogen) atoms. The topological polar surface area (TPSA) is 30.5 Å². The van der Waals surface area contributed by atoms with Crippen LogP contribution in [0, 0.1) is 0 Å². The summed E-state index contributed by atoms with van der Waals surface area (Å²) < 4.78 is 11.3. The molecule has 3 nitrogen and oxygen atoms in total. The Kier molecular flexibility index (Phi) is 4.38. The minimum Gasteiger partial charge on any atom is -0.486 e. The van der Waals surface area contributed by atoms with Gasteiger partial charge >= 0.3 is 0 Å². The second-order valence-corrected chi connectivity index (χ2v) is 6.26. The summed E-state index contributed by atoms with van der Waals surface area (Å²) in [4.78, 5) is 1.30. The van der Waals surface area contributed by atoms with Gasteiger partial charge in [0.1, 0.15) is 13.2 Å². The molecule has 1 N–H and O–H groups in total. The molecule has 3 rings (SSSR count). The third-order valence-corrected chi connectivity index (χ3v) is 5.04. The molecule has 1 atom stereocenters. The molecule has 1 aromatic carbocycles. The van der Waals surface area contributed by atoms with Crippen LogP contribution in [-0.2, 0) is 6.42 Å². The van der Waals surface area contributed by atoms with Crippen molar-refractivity contribution in [2.24, 2.45) is 0 Å². The van der Waals surface area contributed by atoms with E-state index < -0.39 is 0 Å². The van der Waals surface area contributed by atoms with E-state index in [4.69, 9.17) is 21.1 Å². The first-order chi connectivity index (χ1) is 10.2. The number of ether oxygens (including phenoxy) is 2. The van der Waals surface area contributed by atoms with E-state index >= 15 is 0 Å². The molecule has 0 saturated heterocycles. The van der Waals surface area contributed by atoms with Crippen LogP contribution in [-0.4, -0.2) is 20.3 Å². The molecular formula is C16H18ClNO2S. The highest BCUT2D eigenvalue weighted by Crippen LogP contribution is 2.40. The van der Waals surface area contributed by atoms with Crippen molar-refractivity contribution in [3.05, 3.63) is 44.6 Å². The van der Waals surface area contributed by atoms with Gasteiger partial charge in [0, 0.05) is 16.0 Å². The smallest absolute Gasteiger partial charge is 0.162 e. The zero-order valence-corrected chi connectivity index (χ0v) is 13.7. The van der Waals surface area contributed by atoms with Gasteiger partial charge in [0.05, 0.1) is 6.04 Å². The van der Waals surface area contributed by atoms with Crippen molar-refractivity contribution in [3.8, 4) is 11.5 Å². The Labute approximate surface area is 133 Å². The molecule has 1 aliphatic heterocycles. The molecule has 1 unspecified atom stereocenters. The van der Waals surface area contributed by atoms with E-state index in [9.17, 15) is 0 Å². The molecule has 0 aliphatic carbocycles. The van der Waals surface area contributed by atoms with Crippen molar-refractivity contribution < 1.29 is 9.47 Å². The molecule has 0 saturated carbocycles. The van der Waals surface area contributed by atoms with Crippen LogP contribution in [0.1, 0.15) is 29.0 Å². The molecule has 1 aliphatic rings. The molecule has 2 heterocycles. The lowest BCUT2D eigenvalue weighted by Gasteiger charge is -2.23. The van der Waals surface area contributed by atoms with Crippen LogP contribution < -0.4 is 14.8 Å². The Balaban J connectivity index is 2.05. The number of thiophene rings is 1. The van der Waals surface area contributed by atoms with E-state index in [0.29, 0.717) is 18.2 Å². The maximum atomic E-state index is 6.48. The van der Waals surface area contributed by atoms with Crippen molar-refractivity contribution in [1.82, 2.24) is 5.32 Å². The second-order valence-electron chi connectivity index (χ2n) is 4.90. The third kappa shape index (κ3) is 2.76. The number of benzene rings is 1. The summed E-state index contributed by atoms with van der Waals surface area (Å²) in [6.07, 6.45) is 1.01. The summed E-state index contributed by atoms with van der Waals surface area (Å²) >= 11 is 8.23. The van der Waals surface area contributed by atoms with Crippen LogP contribution >= 0.6 is 22.9 Å². The number of hydrogen-bond acceptors (Lipinski definition) is 4. The molecule has 5 heteroatoms. The van der Waals surface area contributed by atoms with Crippen LogP contribution in [0.15, 0.2) is 23.6 Å². The summed E-state index contributed by atoms with van der Waals surface area (Å²) in [5, 5.41) is 6.20. The normalized spacial score (nSPS) is 15.0. The van der Waals surface area contributed by atoms with Gasteiger partial charge in [-0.05, 0) is 42.1 Å². The van der Waals surface area contributed by atoms with Crippen molar-refractivity contribution in [1.29, 1.82) is 0 Å². The van der Waals surface area contributed by atoms with Gasteiger partial charge in [-0.2, -0.15) is 0 Å². The quantitative estimate of drug-likeness (QED) is 0.921. The number of nitrogens with one attached hydrogen (secondary N) is 1. The first-order valence-corrected chi connectivity index (χ1v) is 8.33. The van der Waals surface area contributed by atoms with Crippen LogP contribution in [0.2, 0.25) is 5.02 Å². The highest BCUT2D eigenvalue weighted by Gasteiger charge is 2.23. The Morgan fingerprint density at radius 1 is 1.29 bits per heavy atom. The molecule has 0 amide bonds. The van der Waals surface area contributed by atoms with Crippen LogP contribution in [0.5, 0.6) is 11.5 Å². The van der Waals surface area contributed by atoms with E-state index in [1.54, 1.807) is 11.3 Å². The number of fused-ring (bicyclic) bond motifs is 1. The average molecular weight is 324 g/mol. The fourth-order valence-corrected chi connectivity index (χ4v) is 4.01. The molecule has 0 spiro atoms. The lowest BCUT2D eigenvalue weighted by Crippen LogP contribution is -2.20. The van der Waals surface area contributed by atoms with Crippen LogP contribution in [0.25, 0.3) is 0 Å². The number of rotatable bonds is 4. The minimum absolute atomic E-state index is 0.0725. The maximum absolute atomic E-state index is 6.48. The monoisotopic (exact) mass is 323 g/mol. The maximum Gasteiger partial charge on any atom is 0.162 e. The SMILES string of the molecule is CCc1ccsc1C(NC)c1cc2c(cc1Cl)OCCO2. The summed E-state index contributed by atoms with van der Waals surface area (Å²) in [6, 6.07) is 6.10. The van der Waals surface area contributed by atoms with Crippen LogP contribution in [0.4, 0.5) is 0 Å². The van der Waals surface area contributed by atoms with Crippen molar-refractivity contribution >= 4 is 22.9 Å². The average Bonchev–Trinajstić information content (AvgIpc) is 2.97. The lowest BCUT2D eigenvalue weighted by molar-refractivity contribution is 0.171. The van der Waals surface area contributed by atoms with E-state index in [-0.39, 0.29) is 6.04 Å². The fourth-order valence-electron chi connectivity index (χ4n) is 2.62. The summed E-state index contributed by atoms with van der Waals surface area (Å²) in [6.45, 7) is 3.32. The zero-order chi connectivity index (χ0) is 14.8. The minimum atomic E-state index is 0.0725. The molecule has 2 aromatic rings. The molecule has 1 aromatic heterocycles. The van der Waals surface area contributed by atoms with Gasteiger partial charge in [-0.15, -0.1) is 11.3 Å². The van der Waals surface area contributed by atoms with Gasteiger partial charge in [-0.25, -0.2) is 0 Å². The van der Waals surface area contributed by atoms with Gasteiger partial charge < -0.3 is 14.8 Å². The number of hydrogen-bond donors (Lipinski definition) is 1. The summed E-state index contributed by atoms with van der Waals surface area (Å²) in [5.74, 6) is 1.50. The molecule has 0 radical (unpaired) electrons. The Hall–Kier alpha value is -1.23. The molecule has 0 fully saturated rings. The van der Waals surface area contributed by atoms with E-state index in [0.717, 1.165) is 23.5 Å². The van der Waals surface area contributed by atoms with Crippen molar-refractivity contribution in [2.45, 2.75) is 19.4 Å². The van der Waals surface area contributed by atoms with Crippen molar-refractivity contribution in [2.75, 3.05) is 20.3 Å². The van der Waals surface area contributed by atoms with E-state index in [1.807, 2.05) is 19.2 Å². The highest BCUT2D eigenvalue weighted by atomic mass is 35.5. The molecular weight excluding hydrogens is 306 g/mol.